The van der Waals surface area contributed by atoms with Gasteiger partial charge in [-0.25, -0.2) is 0 Å². The van der Waals surface area contributed by atoms with Crippen molar-refractivity contribution in [2.45, 2.75) is 18.4 Å². The van der Waals surface area contributed by atoms with Gasteiger partial charge in [-0.05, 0) is 0 Å². The molecule has 1 unspecified atom stereocenters. The number of nitrogens with one attached hydrogen (secondary N) is 1. The number of benzene rings is 1. The van der Waals surface area contributed by atoms with Gasteiger partial charge in [0.25, 0.3) is 0 Å². The molecule has 1 aromatic heterocycles. The topological polar surface area (TPSA) is 86.1 Å². The Balaban J connectivity index is 1.73. The van der Waals surface area contributed by atoms with Crippen LogP contribution in [-0.4, -0.2) is 46.8 Å². The van der Waals surface area contributed by atoms with Crippen LogP contribution in [0.5, 0.6) is 0 Å². The van der Waals surface area contributed by atoms with Crippen LogP contribution in [0.4, 0.5) is 8.78 Å². The molecule has 0 spiro atoms. The summed E-state index contributed by atoms with van der Waals surface area (Å²) in [5.74, 6) is -4.29. The van der Waals surface area contributed by atoms with Crippen LogP contribution >= 0.6 is 0 Å². The van der Waals surface area contributed by atoms with Gasteiger partial charge in [0.15, 0.2) is 0 Å². The molecular weight excluding hydrogens is 540 g/mol. The summed E-state index contributed by atoms with van der Waals surface area (Å²) in [5, 5.41) is 12.1. The maximum atomic E-state index is 13.4. The number of rotatable bonds is 3. The standard InChI is InChI=1S/C17H13AtF2N4O2/c18-13-3-1-2-11-12(4-5-22-15(11)13)16(26)23-8-14(25)24-9-17(19,20)6-10(24)7-21/h1-5,10H,6,8-9H2,(H,23,26). The van der Waals surface area contributed by atoms with E-state index >= 15 is 0 Å². The Morgan fingerprint density at radius 3 is 2.92 bits per heavy atom. The number of carbonyl (C=O) groups excluding carboxylic acids is 2. The minimum absolute atomic E-state index is 0.352. The summed E-state index contributed by atoms with van der Waals surface area (Å²) >= 11 is 1.43. The number of aromatic nitrogens is 1. The molecule has 134 valence electrons. The Bertz CT molecular complexity index is 929. The van der Waals surface area contributed by atoms with Crippen LogP contribution in [0.3, 0.4) is 0 Å². The summed E-state index contributed by atoms with van der Waals surface area (Å²) in [7, 11) is 0. The van der Waals surface area contributed by atoms with E-state index in [1.165, 1.54) is 37.0 Å². The summed E-state index contributed by atoms with van der Waals surface area (Å²) in [5.41, 5.74) is 1.05. The predicted molar refractivity (Wildman–Crippen MR) is 84.4 cm³/mol. The van der Waals surface area contributed by atoms with Gasteiger partial charge >= 0.3 is 163 Å². The van der Waals surface area contributed by atoms with Gasteiger partial charge in [-0.3, -0.25) is 0 Å². The molecule has 2 aromatic rings. The number of hydrogen-bond donors (Lipinski definition) is 1. The zero-order chi connectivity index (χ0) is 18.9. The van der Waals surface area contributed by atoms with Gasteiger partial charge in [-0.1, -0.05) is 0 Å². The van der Waals surface area contributed by atoms with Crippen LogP contribution in [0.25, 0.3) is 10.9 Å². The number of pyridine rings is 1. The van der Waals surface area contributed by atoms with Gasteiger partial charge in [0, 0.05) is 0 Å². The molecule has 3 rings (SSSR count). The van der Waals surface area contributed by atoms with E-state index in [1.54, 1.807) is 12.1 Å². The van der Waals surface area contributed by atoms with Gasteiger partial charge in [0.05, 0.1) is 0 Å². The molecule has 26 heavy (non-hydrogen) atoms. The van der Waals surface area contributed by atoms with Gasteiger partial charge in [0.2, 0.25) is 0 Å². The van der Waals surface area contributed by atoms with Gasteiger partial charge < -0.3 is 0 Å². The second-order valence-corrected chi connectivity index (χ2v) is 7.49. The van der Waals surface area contributed by atoms with E-state index in [4.69, 9.17) is 5.26 Å². The number of hydrogen-bond acceptors (Lipinski definition) is 4. The second kappa shape index (κ2) is 7.20. The number of nitrogens with zero attached hydrogens (tertiary/aromatic N) is 3. The first-order valence-electron chi connectivity index (χ1n) is 7.71. The summed E-state index contributed by atoms with van der Waals surface area (Å²) < 4.78 is 27.8. The van der Waals surface area contributed by atoms with Gasteiger partial charge in [0.1, 0.15) is 0 Å². The van der Waals surface area contributed by atoms with Crippen LogP contribution in [0, 0.1) is 36.1 Å². The minimum atomic E-state index is -3.08. The number of fused-ring (bicyclic) bond motifs is 1. The zero-order valence-corrected chi connectivity index (χ0v) is 16.3. The third-order valence-corrected chi connectivity index (χ3v) is 5.29. The number of likely N-dealkylation sites (tertiary alicyclic amines) is 1. The van der Waals surface area contributed by atoms with Crippen LogP contribution in [-0.2, 0) is 4.79 Å². The van der Waals surface area contributed by atoms with Crippen molar-refractivity contribution < 1.29 is 43.1 Å². The summed E-state index contributed by atoms with van der Waals surface area (Å²) in [6.07, 6.45) is 0.826. The van der Waals surface area contributed by atoms with Crippen molar-refractivity contribution in [3.8, 4) is 6.07 Å². The molecule has 1 fully saturated rings. The third-order valence-electron chi connectivity index (χ3n) is 4.11. The first-order chi connectivity index (χ1) is 12.3. The van der Waals surface area contributed by atoms with Crippen molar-refractivity contribution in [1.29, 1.82) is 5.26 Å². The van der Waals surface area contributed by atoms with Crippen molar-refractivity contribution in [3.05, 3.63) is 36.0 Å². The molecule has 1 saturated heterocycles. The monoisotopic (exact) mass is 553 g/mol. The fourth-order valence-corrected chi connectivity index (χ4v) is 3.75. The van der Waals surface area contributed by atoms with Crippen molar-refractivity contribution >= 4 is 26.0 Å². The molecule has 2 amide bonds. The SMILES string of the molecule is N#CC1CC(F)(F)CN1C(=O)CNC(=O)c1ccnc2c([At])cccc12. The average molecular weight is 553 g/mol. The summed E-state index contributed by atoms with van der Waals surface area (Å²) in [4.78, 5) is 29.7. The molecule has 2 heterocycles. The normalized spacial score (nSPS) is 18.5. The van der Waals surface area contributed by atoms with Crippen molar-refractivity contribution in [2.24, 2.45) is 0 Å². The Kier molecular flexibility index (Phi) is 5.15. The molecule has 0 radical (unpaired) electrons. The van der Waals surface area contributed by atoms with Crippen LogP contribution < -0.4 is 8.59 Å². The second-order valence-electron chi connectivity index (χ2n) is 5.90. The molecule has 1 aliphatic rings. The first-order valence-corrected chi connectivity index (χ1v) is 9.18. The van der Waals surface area contributed by atoms with E-state index in [0.717, 1.165) is 8.17 Å². The van der Waals surface area contributed by atoms with Crippen LogP contribution in [0.1, 0.15) is 16.8 Å². The number of carbonyl (C=O) groups is 2. The van der Waals surface area contributed by atoms with Crippen molar-refractivity contribution in [1.82, 2.24) is 15.2 Å². The molecule has 9 heteroatoms. The number of halogens is 2. The van der Waals surface area contributed by atoms with E-state index in [2.05, 4.69) is 10.3 Å². The molecule has 6 nitrogen and oxygen atoms in total. The third kappa shape index (κ3) is 3.66. The Labute approximate surface area is 163 Å². The molecule has 0 saturated carbocycles. The van der Waals surface area contributed by atoms with Crippen molar-refractivity contribution in [2.75, 3.05) is 13.1 Å². The summed E-state index contributed by atoms with van der Waals surface area (Å²) in [6.45, 7) is -1.26. The van der Waals surface area contributed by atoms with Gasteiger partial charge in [-0.15, -0.1) is 0 Å². The molecule has 1 atom stereocenters. The molecule has 0 bridgehead atoms. The van der Waals surface area contributed by atoms with E-state index in [-0.39, 0.29) is 0 Å². The van der Waals surface area contributed by atoms with Crippen LogP contribution in [0.15, 0.2) is 30.5 Å². The maximum absolute atomic E-state index is 13.4. The average Bonchev–Trinajstić information content (AvgIpc) is 2.94. The van der Waals surface area contributed by atoms with Gasteiger partial charge in [-0.2, -0.15) is 0 Å². The number of amides is 2. The Morgan fingerprint density at radius 1 is 1.42 bits per heavy atom. The van der Waals surface area contributed by atoms with E-state index in [0.29, 0.717) is 16.5 Å². The summed E-state index contributed by atoms with van der Waals surface area (Å²) in [6, 6.07) is 7.53. The number of nitriles is 1. The molecule has 0 aliphatic carbocycles. The Hall–Kier alpha value is -2.20. The quantitative estimate of drug-likeness (QED) is 0.613. The van der Waals surface area contributed by atoms with E-state index in [1.807, 2.05) is 12.1 Å². The fraction of sp³-hybridized carbons (Fsp3) is 0.294. The predicted octanol–water partition coefficient (Wildman–Crippen LogP) is 0.899. The van der Waals surface area contributed by atoms with Crippen LogP contribution in [0.2, 0.25) is 0 Å². The molecular formula is C17H13AtF2N4O2. The Morgan fingerprint density at radius 2 is 2.19 bits per heavy atom. The molecule has 1 aromatic carbocycles. The van der Waals surface area contributed by atoms with Crippen molar-refractivity contribution in [3.63, 3.8) is 0 Å². The van der Waals surface area contributed by atoms with E-state index in [9.17, 15) is 18.4 Å². The first kappa shape index (κ1) is 18.6. The molecule has 1 aliphatic heterocycles. The zero-order valence-electron chi connectivity index (χ0n) is 13.4. The fourth-order valence-electron chi connectivity index (χ4n) is 2.89. The number of para-hydroxylation sites is 1. The number of alkyl halides is 2. The van der Waals surface area contributed by atoms with E-state index < -0.39 is 43.3 Å². The molecule has 1 N–H and O–H groups in total.